The van der Waals surface area contributed by atoms with E-state index in [4.69, 9.17) is 4.74 Å². The predicted octanol–water partition coefficient (Wildman–Crippen LogP) is 4.84. The van der Waals surface area contributed by atoms with Crippen molar-refractivity contribution in [2.75, 3.05) is 13.2 Å². The Labute approximate surface area is 193 Å². The molecule has 6 saturated carbocycles. The molecule has 176 valence electrons. The summed E-state index contributed by atoms with van der Waals surface area (Å²) in [5.41, 5.74) is 1.18. The van der Waals surface area contributed by atoms with Gasteiger partial charge in [0.05, 0.1) is 12.2 Å². The Balaban J connectivity index is 1.14. The maximum atomic E-state index is 15.3. The number of aliphatic carboxylic acids is 1. The molecule has 0 radical (unpaired) electrons. The second-order valence-electron chi connectivity index (χ2n) is 12.3. The summed E-state index contributed by atoms with van der Waals surface area (Å²) in [4.78, 5) is 26.4. The third-order valence-electron chi connectivity index (χ3n) is 9.71. The van der Waals surface area contributed by atoms with Crippen molar-refractivity contribution in [1.82, 2.24) is 4.90 Å². The quantitative estimate of drug-likeness (QED) is 0.669. The summed E-state index contributed by atoms with van der Waals surface area (Å²) in [6, 6.07) is 2.26. The van der Waals surface area contributed by atoms with Crippen LogP contribution in [0.5, 0.6) is 5.75 Å². The first kappa shape index (κ1) is 20.3. The molecule has 5 nitrogen and oxygen atoms in total. The van der Waals surface area contributed by atoms with Crippen molar-refractivity contribution >= 4 is 11.9 Å². The van der Waals surface area contributed by atoms with Gasteiger partial charge in [0.1, 0.15) is 17.6 Å². The Bertz CT molecular complexity index is 998. The molecule has 6 aliphatic carbocycles. The summed E-state index contributed by atoms with van der Waals surface area (Å²) in [5, 5.41) is 9.62. The maximum absolute atomic E-state index is 15.3. The van der Waals surface area contributed by atoms with Gasteiger partial charge in [-0.2, -0.15) is 0 Å². The van der Waals surface area contributed by atoms with Gasteiger partial charge in [0.25, 0.3) is 5.91 Å². The molecular formula is C27H32FNO4. The normalized spacial score (nSPS) is 40.1. The molecule has 1 aromatic carbocycles. The molecule has 1 aromatic rings. The van der Waals surface area contributed by atoms with Crippen molar-refractivity contribution in [3.63, 3.8) is 0 Å². The minimum absolute atomic E-state index is 0.00612. The molecule has 0 spiro atoms. The van der Waals surface area contributed by atoms with E-state index in [1.165, 1.54) is 49.5 Å². The first-order valence-corrected chi connectivity index (χ1v) is 12.9. The number of halogens is 1. The number of carbonyl (C=O) groups is 2. The summed E-state index contributed by atoms with van der Waals surface area (Å²) in [7, 11) is 0. The topological polar surface area (TPSA) is 66.8 Å². The molecule has 8 rings (SSSR count). The molecular weight excluding hydrogens is 421 g/mol. The number of amides is 1. The van der Waals surface area contributed by atoms with E-state index in [2.05, 4.69) is 0 Å². The van der Waals surface area contributed by atoms with Gasteiger partial charge in [-0.3, -0.25) is 4.79 Å². The Morgan fingerprint density at radius 2 is 1.73 bits per heavy atom. The van der Waals surface area contributed by atoms with E-state index in [0.717, 1.165) is 42.6 Å². The van der Waals surface area contributed by atoms with Crippen LogP contribution in [-0.4, -0.2) is 41.1 Å². The SMILES string of the molecule is O=C(O)[C@@H]1[C@H]2C[C@H]2CN1C(=O)c1cc(C2CC2)c(OCC23CC4CC(CC(C4)C2)C3)cc1F. The van der Waals surface area contributed by atoms with Crippen molar-refractivity contribution in [1.29, 1.82) is 0 Å². The second-order valence-corrected chi connectivity index (χ2v) is 12.3. The van der Waals surface area contributed by atoms with E-state index in [1.54, 1.807) is 6.07 Å². The van der Waals surface area contributed by atoms with E-state index >= 15 is 4.39 Å². The van der Waals surface area contributed by atoms with Crippen molar-refractivity contribution in [3.8, 4) is 5.75 Å². The first-order valence-electron chi connectivity index (χ1n) is 12.9. The van der Waals surface area contributed by atoms with Crippen molar-refractivity contribution in [2.24, 2.45) is 35.0 Å². The van der Waals surface area contributed by atoms with Gasteiger partial charge in [-0.15, -0.1) is 0 Å². The molecule has 1 heterocycles. The highest BCUT2D eigenvalue weighted by Crippen LogP contribution is 2.60. The van der Waals surface area contributed by atoms with Crippen LogP contribution in [0, 0.1) is 40.8 Å². The van der Waals surface area contributed by atoms with Crippen LogP contribution in [0.2, 0.25) is 0 Å². The van der Waals surface area contributed by atoms with E-state index in [-0.39, 0.29) is 22.8 Å². The zero-order valence-electron chi connectivity index (χ0n) is 19.0. The summed E-state index contributed by atoms with van der Waals surface area (Å²) >= 11 is 0. The largest absolute Gasteiger partial charge is 0.493 e. The predicted molar refractivity (Wildman–Crippen MR) is 119 cm³/mol. The van der Waals surface area contributed by atoms with Gasteiger partial charge in [-0.1, -0.05) is 0 Å². The standard InChI is InChI=1S/C27H32FNO4/c28-22-8-23(33-13-27-9-14-3-15(10-27)5-16(4-14)11-27)19(17-1-2-17)7-21(22)25(30)29-12-18-6-20(18)24(29)26(31)32/h7-8,14-18,20,24H,1-6,9-13H2,(H,31,32)/t14?,15?,16?,18-,20-,24-,27?/m0/s1. The number of carboxylic acids is 1. The lowest BCUT2D eigenvalue weighted by Gasteiger charge is -2.56. The van der Waals surface area contributed by atoms with Crippen LogP contribution in [0.1, 0.15) is 79.6 Å². The van der Waals surface area contributed by atoms with Crippen LogP contribution in [0.15, 0.2) is 12.1 Å². The molecule has 6 heteroatoms. The highest BCUT2D eigenvalue weighted by molar-refractivity contribution is 5.98. The zero-order chi connectivity index (χ0) is 22.5. The minimum atomic E-state index is -0.980. The number of piperidine rings is 1. The molecule has 7 aliphatic rings. The maximum Gasteiger partial charge on any atom is 0.326 e. The van der Waals surface area contributed by atoms with Crippen LogP contribution in [0.25, 0.3) is 0 Å². The first-order chi connectivity index (χ1) is 15.9. The highest BCUT2D eigenvalue weighted by Gasteiger charge is 2.57. The van der Waals surface area contributed by atoms with E-state index < -0.39 is 23.7 Å². The fourth-order valence-corrected chi connectivity index (χ4v) is 8.42. The number of nitrogens with zero attached hydrogens (tertiary/aromatic N) is 1. The lowest BCUT2D eigenvalue weighted by molar-refractivity contribution is -0.142. The summed E-state index contributed by atoms with van der Waals surface area (Å²) in [6.07, 6.45) is 10.8. The Morgan fingerprint density at radius 1 is 1.06 bits per heavy atom. The van der Waals surface area contributed by atoms with E-state index in [1.807, 2.05) is 0 Å². The van der Waals surface area contributed by atoms with Gasteiger partial charge in [-0.25, -0.2) is 9.18 Å². The number of carboxylic acid groups (broad SMARTS) is 1. The summed E-state index contributed by atoms with van der Waals surface area (Å²) < 4.78 is 21.7. The number of hydrogen-bond donors (Lipinski definition) is 1. The fourth-order valence-electron chi connectivity index (χ4n) is 8.42. The zero-order valence-corrected chi connectivity index (χ0v) is 19.0. The average molecular weight is 454 g/mol. The number of likely N-dealkylation sites (tertiary alicyclic amines) is 1. The number of ether oxygens (including phenoxy) is 1. The third-order valence-corrected chi connectivity index (χ3v) is 9.71. The molecule has 1 saturated heterocycles. The number of hydrogen-bond acceptors (Lipinski definition) is 3. The highest BCUT2D eigenvalue weighted by atomic mass is 19.1. The number of fused-ring (bicyclic) bond motifs is 1. The lowest BCUT2D eigenvalue weighted by atomic mass is 9.50. The lowest BCUT2D eigenvalue weighted by Crippen LogP contribution is -2.48. The van der Waals surface area contributed by atoms with Gasteiger partial charge in [-0.05, 0) is 105 Å². The fraction of sp³-hybridized carbons (Fsp3) is 0.704. The van der Waals surface area contributed by atoms with Crippen LogP contribution < -0.4 is 4.74 Å². The Kier molecular flexibility index (Phi) is 4.27. The van der Waals surface area contributed by atoms with Gasteiger partial charge >= 0.3 is 5.97 Å². The molecule has 1 amide bonds. The Morgan fingerprint density at radius 3 is 2.33 bits per heavy atom. The number of benzene rings is 1. The van der Waals surface area contributed by atoms with Gasteiger partial charge < -0.3 is 14.7 Å². The van der Waals surface area contributed by atoms with E-state index in [0.29, 0.717) is 24.8 Å². The number of carbonyl (C=O) groups excluding carboxylic acids is 1. The average Bonchev–Trinajstić information content (AvgIpc) is 3.69. The smallest absolute Gasteiger partial charge is 0.326 e. The van der Waals surface area contributed by atoms with Crippen LogP contribution in [0.3, 0.4) is 0 Å². The van der Waals surface area contributed by atoms with Crippen molar-refractivity contribution in [2.45, 2.75) is 69.7 Å². The van der Waals surface area contributed by atoms with Gasteiger partial charge in [0.15, 0.2) is 0 Å². The van der Waals surface area contributed by atoms with Crippen LogP contribution >= 0.6 is 0 Å². The molecule has 7 fully saturated rings. The molecule has 1 aliphatic heterocycles. The van der Waals surface area contributed by atoms with Crippen LogP contribution in [-0.2, 0) is 4.79 Å². The number of rotatable bonds is 6. The van der Waals surface area contributed by atoms with E-state index in [9.17, 15) is 14.7 Å². The minimum Gasteiger partial charge on any atom is -0.493 e. The summed E-state index contributed by atoms with van der Waals surface area (Å²) in [6.45, 7) is 1.07. The molecule has 0 unspecified atom stereocenters. The second kappa shape index (κ2) is 6.96. The van der Waals surface area contributed by atoms with Gasteiger partial charge in [0.2, 0.25) is 0 Å². The molecule has 4 bridgehead atoms. The Hall–Kier alpha value is -2.11. The third kappa shape index (κ3) is 3.30. The monoisotopic (exact) mass is 453 g/mol. The summed E-state index contributed by atoms with van der Waals surface area (Å²) in [5.74, 6) is 1.66. The molecule has 0 aromatic heterocycles. The van der Waals surface area contributed by atoms with Crippen LogP contribution in [0.4, 0.5) is 4.39 Å². The van der Waals surface area contributed by atoms with Crippen molar-refractivity contribution < 1.29 is 23.8 Å². The van der Waals surface area contributed by atoms with Gasteiger partial charge in [0, 0.05) is 18.0 Å². The molecule has 3 atom stereocenters. The molecule has 1 N–H and O–H groups in total. The van der Waals surface area contributed by atoms with Crippen molar-refractivity contribution in [3.05, 3.63) is 29.1 Å². The molecule has 33 heavy (non-hydrogen) atoms.